The molecule has 0 aromatic heterocycles. The normalized spacial score (nSPS) is 13.0. The lowest BCUT2D eigenvalue weighted by atomic mass is 9.81. The van der Waals surface area contributed by atoms with Gasteiger partial charge in [0.05, 0.1) is 0 Å². The lowest BCUT2D eigenvalue weighted by Crippen LogP contribution is -2.16. The highest BCUT2D eigenvalue weighted by Gasteiger charge is 2.36. The molecule has 1 aliphatic rings. The Morgan fingerprint density at radius 2 is 0.978 bits per heavy atom. The van der Waals surface area contributed by atoms with E-state index in [2.05, 4.69) is 183 Å². The number of para-hydroxylation sites is 1. The molecule has 0 fully saturated rings. The minimum atomic E-state index is -0.140. The first-order valence-corrected chi connectivity index (χ1v) is 15.8. The molecule has 0 unspecified atom stereocenters. The van der Waals surface area contributed by atoms with E-state index in [0.717, 1.165) is 17.1 Å². The summed E-state index contributed by atoms with van der Waals surface area (Å²) in [4.78, 5) is 2.37. The molecule has 1 aliphatic carbocycles. The summed E-state index contributed by atoms with van der Waals surface area (Å²) in [5, 5.41) is 2.57. The Bertz CT molecular complexity index is 2170. The third-order valence-corrected chi connectivity index (χ3v) is 9.54. The van der Waals surface area contributed by atoms with Gasteiger partial charge in [0, 0.05) is 22.5 Å². The second kappa shape index (κ2) is 10.6. The van der Waals surface area contributed by atoms with E-state index in [1.807, 2.05) is 0 Å². The van der Waals surface area contributed by atoms with Crippen LogP contribution in [0.4, 0.5) is 17.1 Å². The van der Waals surface area contributed by atoms with E-state index in [0.29, 0.717) is 0 Å². The maximum Gasteiger partial charge on any atom is 0.0465 e. The van der Waals surface area contributed by atoms with Crippen LogP contribution in [0.2, 0.25) is 0 Å². The predicted octanol–water partition coefficient (Wildman–Crippen LogP) is 12.3. The van der Waals surface area contributed by atoms with Crippen LogP contribution >= 0.6 is 0 Å². The zero-order chi connectivity index (χ0) is 30.5. The van der Waals surface area contributed by atoms with Crippen molar-refractivity contribution in [2.45, 2.75) is 26.2 Å². The number of fused-ring (bicyclic) bond motifs is 4. The third kappa shape index (κ3) is 4.64. The molecule has 0 saturated carbocycles. The van der Waals surface area contributed by atoms with Gasteiger partial charge in [-0.05, 0) is 105 Å². The highest BCUT2D eigenvalue weighted by atomic mass is 15.1. The Labute approximate surface area is 266 Å². The van der Waals surface area contributed by atoms with Gasteiger partial charge in [0.2, 0.25) is 0 Å². The summed E-state index contributed by atoms with van der Waals surface area (Å²) in [6.45, 7) is 6.88. The van der Waals surface area contributed by atoms with Crippen molar-refractivity contribution in [1.82, 2.24) is 0 Å². The van der Waals surface area contributed by atoms with Crippen molar-refractivity contribution >= 4 is 27.8 Å². The average molecular weight is 578 g/mol. The SMILES string of the molecule is Cc1ccc(-c2ccc(N(c3ccccc3)c3ccc4c(c3)C(C)(C)c3cc(-c5cccc6ccccc56)ccc3-4)cc2)cc1. The van der Waals surface area contributed by atoms with Crippen molar-refractivity contribution in [3.05, 3.63) is 174 Å². The first kappa shape index (κ1) is 27.2. The van der Waals surface area contributed by atoms with Crippen LogP contribution in [0.1, 0.15) is 30.5 Å². The molecule has 216 valence electrons. The highest BCUT2D eigenvalue weighted by Crippen LogP contribution is 2.51. The van der Waals surface area contributed by atoms with Crippen LogP contribution in [0.25, 0.3) is 44.2 Å². The molecule has 0 heterocycles. The fourth-order valence-corrected chi connectivity index (χ4v) is 7.08. The van der Waals surface area contributed by atoms with Crippen molar-refractivity contribution in [3.63, 3.8) is 0 Å². The lowest BCUT2D eigenvalue weighted by molar-refractivity contribution is 0.660. The number of nitrogens with zero attached hydrogens (tertiary/aromatic N) is 1. The van der Waals surface area contributed by atoms with Crippen LogP contribution in [-0.2, 0) is 5.41 Å². The quantitative estimate of drug-likeness (QED) is 0.197. The summed E-state index contributed by atoms with van der Waals surface area (Å²) >= 11 is 0. The lowest BCUT2D eigenvalue weighted by Gasteiger charge is -2.28. The van der Waals surface area contributed by atoms with Crippen LogP contribution in [0.3, 0.4) is 0 Å². The van der Waals surface area contributed by atoms with E-state index in [9.17, 15) is 0 Å². The van der Waals surface area contributed by atoms with Gasteiger partial charge in [-0.1, -0.05) is 135 Å². The van der Waals surface area contributed by atoms with Gasteiger partial charge in [0.25, 0.3) is 0 Å². The molecule has 0 atom stereocenters. The molecule has 0 spiro atoms. The number of rotatable bonds is 5. The summed E-state index contributed by atoms with van der Waals surface area (Å²) in [6.07, 6.45) is 0. The summed E-state index contributed by atoms with van der Waals surface area (Å²) in [7, 11) is 0. The molecule has 0 bridgehead atoms. The van der Waals surface area contributed by atoms with E-state index in [4.69, 9.17) is 0 Å². The van der Waals surface area contributed by atoms with E-state index < -0.39 is 0 Å². The van der Waals surface area contributed by atoms with Gasteiger partial charge >= 0.3 is 0 Å². The minimum Gasteiger partial charge on any atom is -0.310 e. The molecule has 45 heavy (non-hydrogen) atoms. The third-order valence-electron chi connectivity index (χ3n) is 9.54. The fourth-order valence-electron chi connectivity index (χ4n) is 7.08. The summed E-state index contributed by atoms with van der Waals surface area (Å²) < 4.78 is 0. The van der Waals surface area contributed by atoms with Crippen LogP contribution < -0.4 is 4.90 Å². The Hall–Kier alpha value is -5.40. The smallest absolute Gasteiger partial charge is 0.0465 e. The van der Waals surface area contributed by atoms with E-state index in [1.54, 1.807) is 0 Å². The van der Waals surface area contributed by atoms with E-state index in [1.165, 1.54) is 60.8 Å². The van der Waals surface area contributed by atoms with Crippen molar-refractivity contribution in [3.8, 4) is 33.4 Å². The molecule has 0 saturated heterocycles. The highest BCUT2D eigenvalue weighted by molar-refractivity contribution is 5.98. The Morgan fingerprint density at radius 3 is 1.73 bits per heavy atom. The van der Waals surface area contributed by atoms with Gasteiger partial charge in [0.15, 0.2) is 0 Å². The standard InChI is InChI=1S/C44H35N/c1-30-16-18-31(19-17-30)32-20-23-36(24-21-32)45(35-12-5-4-6-13-35)37-25-27-41-40-26-22-34(28-42(40)44(2,3)43(41)29-37)39-15-9-11-33-10-7-8-14-38(33)39/h4-29H,1-3H3. The Kier molecular flexibility index (Phi) is 6.43. The molecule has 0 N–H and O–H groups in total. The molecule has 1 nitrogen and oxygen atoms in total. The van der Waals surface area contributed by atoms with Gasteiger partial charge in [-0.3, -0.25) is 0 Å². The molecule has 8 rings (SSSR count). The van der Waals surface area contributed by atoms with Gasteiger partial charge < -0.3 is 4.90 Å². The summed E-state index contributed by atoms with van der Waals surface area (Å²) in [5.74, 6) is 0. The first-order valence-electron chi connectivity index (χ1n) is 15.8. The van der Waals surface area contributed by atoms with Crippen molar-refractivity contribution < 1.29 is 0 Å². The van der Waals surface area contributed by atoms with Crippen LogP contribution in [-0.4, -0.2) is 0 Å². The van der Waals surface area contributed by atoms with E-state index in [-0.39, 0.29) is 5.41 Å². The largest absolute Gasteiger partial charge is 0.310 e. The zero-order valence-corrected chi connectivity index (χ0v) is 26.0. The van der Waals surface area contributed by atoms with Crippen molar-refractivity contribution in [1.29, 1.82) is 0 Å². The average Bonchev–Trinajstić information content (AvgIpc) is 3.31. The molecule has 1 heteroatoms. The van der Waals surface area contributed by atoms with E-state index >= 15 is 0 Å². The zero-order valence-electron chi connectivity index (χ0n) is 26.0. The molecule has 0 radical (unpaired) electrons. The molecule has 0 amide bonds. The first-order chi connectivity index (χ1) is 22.0. The van der Waals surface area contributed by atoms with Gasteiger partial charge in [-0.25, -0.2) is 0 Å². The second-order valence-corrected chi connectivity index (χ2v) is 12.7. The molecular weight excluding hydrogens is 542 g/mol. The van der Waals surface area contributed by atoms with Crippen molar-refractivity contribution in [2.24, 2.45) is 0 Å². The van der Waals surface area contributed by atoms with Gasteiger partial charge in [-0.15, -0.1) is 0 Å². The number of hydrogen-bond donors (Lipinski definition) is 0. The monoisotopic (exact) mass is 577 g/mol. The van der Waals surface area contributed by atoms with Crippen LogP contribution in [0, 0.1) is 6.92 Å². The number of benzene rings is 7. The topological polar surface area (TPSA) is 3.24 Å². The minimum absolute atomic E-state index is 0.140. The summed E-state index contributed by atoms with van der Waals surface area (Å²) in [5.41, 5.74) is 15.0. The van der Waals surface area contributed by atoms with Gasteiger partial charge in [-0.2, -0.15) is 0 Å². The summed E-state index contributed by atoms with van der Waals surface area (Å²) in [6, 6.07) is 57.8. The Balaban J connectivity index is 1.20. The van der Waals surface area contributed by atoms with Crippen molar-refractivity contribution in [2.75, 3.05) is 4.90 Å². The maximum absolute atomic E-state index is 2.43. The molecule has 0 aliphatic heterocycles. The van der Waals surface area contributed by atoms with Crippen LogP contribution in [0.5, 0.6) is 0 Å². The second-order valence-electron chi connectivity index (χ2n) is 12.7. The van der Waals surface area contributed by atoms with Gasteiger partial charge in [0.1, 0.15) is 0 Å². The number of anilines is 3. The number of hydrogen-bond acceptors (Lipinski definition) is 1. The molecule has 7 aromatic rings. The maximum atomic E-state index is 2.43. The molecular formula is C44H35N. The predicted molar refractivity (Wildman–Crippen MR) is 192 cm³/mol. The fraction of sp³-hybridized carbons (Fsp3) is 0.0909. The Morgan fingerprint density at radius 1 is 0.422 bits per heavy atom. The number of aryl methyl sites for hydroxylation is 1. The molecule has 7 aromatic carbocycles. The van der Waals surface area contributed by atoms with Crippen LogP contribution in [0.15, 0.2) is 158 Å².